The van der Waals surface area contributed by atoms with E-state index < -0.39 is 26.7 Å². The van der Waals surface area contributed by atoms with Crippen molar-refractivity contribution < 1.29 is 32.3 Å². The second kappa shape index (κ2) is 7.38. The van der Waals surface area contributed by atoms with Crippen LogP contribution in [0.25, 0.3) is 10.4 Å². The Labute approximate surface area is 110 Å². The Kier molecular flexibility index (Phi) is 7.21. The van der Waals surface area contributed by atoms with Crippen molar-refractivity contribution in [2.75, 3.05) is 35.0 Å². The number of nitrogens with zero attached hydrogens (tertiary/aromatic N) is 3. The molecule has 0 aliphatic rings. The molecule has 0 aliphatic carbocycles. The Bertz CT molecular complexity index is 394. The number of aliphatic hydroxyl groups is 1. The van der Waals surface area contributed by atoms with Crippen molar-refractivity contribution in [1.82, 2.24) is 0 Å². The highest BCUT2D eigenvalue weighted by Crippen LogP contribution is 2.76. The molecule has 0 rings (SSSR count). The molecule has 0 radical (unpaired) electrons. The number of hydrogen-bond acceptors (Lipinski definition) is 8. The third-order valence-corrected chi connectivity index (χ3v) is 8.04. The molecule has 19 heavy (non-hydrogen) atoms. The molecule has 0 spiro atoms. The lowest BCUT2D eigenvalue weighted by Crippen LogP contribution is -2.32. The average Bonchev–Trinajstić information content (AvgIpc) is 2.45. The van der Waals surface area contributed by atoms with Gasteiger partial charge in [0, 0.05) is 46.3 Å². The zero-order valence-electron chi connectivity index (χ0n) is 11.0. The molecule has 0 fully saturated rings. The van der Waals surface area contributed by atoms with Crippen LogP contribution >= 0.6 is 15.2 Å². The van der Waals surface area contributed by atoms with Crippen molar-refractivity contribution >= 4 is 15.2 Å². The molecular formula is C7H17N3O7P2. The average molecular weight is 317 g/mol. The van der Waals surface area contributed by atoms with Gasteiger partial charge in [-0.15, -0.1) is 0 Å². The summed E-state index contributed by atoms with van der Waals surface area (Å²) in [7, 11) is -4.43. The SMILES string of the molecule is COP(=O)(OC)C(O)(CCN=[N+]=[N-])P(=O)(OC)OC. The summed E-state index contributed by atoms with van der Waals surface area (Å²) in [5.74, 6) is 0. The van der Waals surface area contributed by atoms with Gasteiger partial charge in [0.1, 0.15) is 0 Å². The minimum atomic E-state index is -4.24. The predicted octanol–water partition coefficient (Wildman–Crippen LogP) is 2.30. The van der Waals surface area contributed by atoms with Crippen molar-refractivity contribution in [3.63, 3.8) is 0 Å². The van der Waals surface area contributed by atoms with Gasteiger partial charge in [0.25, 0.3) is 5.08 Å². The Morgan fingerprint density at radius 3 is 1.74 bits per heavy atom. The zero-order chi connectivity index (χ0) is 15.2. The van der Waals surface area contributed by atoms with E-state index in [4.69, 9.17) is 5.53 Å². The van der Waals surface area contributed by atoms with E-state index in [1.54, 1.807) is 0 Å². The van der Waals surface area contributed by atoms with Gasteiger partial charge < -0.3 is 23.2 Å². The lowest BCUT2D eigenvalue weighted by Gasteiger charge is -2.36. The van der Waals surface area contributed by atoms with Crippen LogP contribution in [0.4, 0.5) is 0 Å². The molecule has 0 atom stereocenters. The molecule has 0 aromatic heterocycles. The molecule has 0 amide bonds. The van der Waals surface area contributed by atoms with Gasteiger partial charge >= 0.3 is 15.2 Å². The highest BCUT2D eigenvalue weighted by atomic mass is 31.2. The van der Waals surface area contributed by atoms with E-state index in [1.807, 2.05) is 0 Å². The predicted molar refractivity (Wildman–Crippen MR) is 66.8 cm³/mol. The summed E-state index contributed by atoms with van der Waals surface area (Å²) in [4.78, 5) is 2.48. The molecule has 0 aliphatic heterocycles. The van der Waals surface area contributed by atoms with Crippen LogP contribution in [0, 0.1) is 0 Å². The lowest BCUT2D eigenvalue weighted by molar-refractivity contribution is 0.0988. The summed E-state index contributed by atoms with van der Waals surface area (Å²) in [6.07, 6.45) is -0.491. The van der Waals surface area contributed by atoms with E-state index in [0.717, 1.165) is 28.4 Å². The molecule has 12 heteroatoms. The third-order valence-electron chi connectivity index (χ3n) is 2.45. The van der Waals surface area contributed by atoms with Crippen molar-refractivity contribution in [2.24, 2.45) is 5.11 Å². The molecule has 0 aromatic carbocycles. The highest BCUT2D eigenvalue weighted by molar-refractivity contribution is 7.73. The maximum absolute atomic E-state index is 12.4. The van der Waals surface area contributed by atoms with Crippen molar-refractivity contribution in [3.8, 4) is 0 Å². The molecule has 0 saturated carbocycles. The van der Waals surface area contributed by atoms with Crippen LogP contribution in [0.5, 0.6) is 0 Å². The molecule has 0 unspecified atom stereocenters. The van der Waals surface area contributed by atoms with E-state index in [-0.39, 0.29) is 6.54 Å². The lowest BCUT2D eigenvalue weighted by atomic mass is 10.4. The topological polar surface area (TPSA) is 140 Å². The monoisotopic (exact) mass is 317 g/mol. The van der Waals surface area contributed by atoms with Crippen LogP contribution in [-0.4, -0.2) is 45.2 Å². The van der Waals surface area contributed by atoms with Gasteiger partial charge in [-0.05, 0) is 5.53 Å². The third kappa shape index (κ3) is 3.37. The normalized spacial score (nSPS) is 13.1. The molecule has 10 nitrogen and oxygen atoms in total. The minimum Gasteiger partial charge on any atom is -0.368 e. The van der Waals surface area contributed by atoms with Crippen LogP contribution in [0.15, 0.2) is 5.11 Å². The van der Waals surface area contributed by atoms with Gasteiger partial charge in [-0.25, -0.2) is 0 Å². The summed E-state index contributed by atoms with van der Waals surface area (Å²) >= 11 is 0. The fraction of sp³-hybridized carbons (Fsp3) is 1.00. The summed E-state index contributed by atoms with van der Waals surface area (Å²) in [5, 5.41) is 11.1. The van der Waals surface area contributed by atoms with Gasteiger partial charge in [0.15, 0.2) is 0 Å². The fourth-order valence-electron chi connectivity index (χ4n) is 1.40. The minimum absolute atomic E-state index is 0.305. The first kappa shape index (κ1) is 18.6. The van der Waals surface area contributed by atoms with Gasteiger partial charge in [-0.1, -0.05) is 5.11 Å². The van der Waals surface area contributed by atoms with Crippen molar-refractivity contribution in [2.45, 2.75) is 11.5 Å². The summed E-state index contributed by atoms with van der Waals surface area (Å²) in [5.41, 5.74) is 8.21. The highest BCUT2D eigenvalue weighted by Gasteiger charge is 2.63. The Hall–Kier alpha value is -0.430. The quantitative estimate of drug-likeness (QED) is 0.298. The van der Waals surface area contributed by atoms with Gasteiger partial charge in [-0.2, -0.15) is 0 Å². The van der Waals surface area contributed by atoms with Crippen molar-refractivity contribution in [1.29, 1.82) is 0 Å². The molecule has 0 saturated heterocycles. The molecule has 1 N–H and O–H groups in total. The maximum atomic E-state index is 12.4. The van der Waals surface area contributed by atoms with E-state index >= 15 is 0 Å². The second-order valence-corrected chi connectivity index (χ2v) is 8.49. The largest absolute Gasteiger partial charge is 0.374 e. The van der Waals surface area contributed by atoms with Crippen LogP contribution in [-0.2, 0) is 27.2 Å². The summed E-state index contributed by atoms with van der Waals surface area (Å²) in [6.45, 7) is -0.305. The Morgan fingerprint density at radius 1 is 1.11 bits per heavy atom. The maximum Gasteiger partial charge on any atom is 0.374 e. The van der Waals surface area contributed by atoms with Gasteiger partial charge in [0.2, 0.25) is 0 Å². The molecule has 0 aromatic rings. The van der Waals surface area contributed by atoms with E-state index in [1.165, 1.54) is 0 Å². The number of rotatable bonds is 9. The molecule has 112 valence electrons. The second-order valence-electron chi connectivity index (χ2n) is 3.20. The summed E-state index contributed by atoms with van der Waals surface area (Å²) < 4.78 is 43.3. The van der Waals surface area contributed by atoms with Crippen LogP contribution < -0.4 is 0 Å². The summed E-state index contributed by atoms with van der Waals surface area (Å²) in [6, 6.07) is 0. The van der Waals surface area contributed by atoms with Crippen LogP contribution in [0.3, 0.4) is 0 Å². The first-order valence-electron chi connectivity index (χ1n) is 4.97. The van der Waals surface area contributed by atoms with Crippen molar-refractivity contribution in [3.05, 3.63) is 10.4 Å². The Morgan fingerprint density at radius 2 is 1.47 bits per heavy atom. The van der Waals surface area contributed by atoms with Crippen LogP contribution in [0.2, 0.25) is 0 Å². The zero-order valence-corrected chi connectivity index (χ0v) is 12.8. The molecular weight excluding hydrogens is 300 g/mol. The number of hydrogen-bond donors (Lipinski definition) is 1. The van der Waals surface area contributed by atoms with E-state index in [9.17, 15) is 14.2 Å². The van der Waals surface area contributed by atoms with Gasteiger partial charge in [-0.3, -0.25) is 9.13 Å². The van der Waals surface area contributed by atoms with Gasteiger partial charge in [0.05, 0.1) is 0 Å². The molecule has 0 bridgehead atoms. The fourth-order valence-corrected chi connectivity index (χ4v) is 5.80. The smallest absolute Gasteiger partial charge is 0.368 e. The molecule has 0 heterocycles. The standard InChI is InChI=1S/C7H17N3O7P2/c1-14-18(12,15-2)7(11,5-6-9-10-8)19(13,16-3)17-4/h11H,5-6H2,1-4H3. The first-order valence-corrected chi connectivity index (χ1v) is 8.05. The van der Waals surface area contributed by atoms with Crippen LogP contribution in [0.1, 0.15) is 6.42 Å². The Balaban J connectivity index is 5.79. The first-order chi connectivity index (χ1) is 8.80. The van der Waals surface area contributed by atoms with E-state index in [0.29, 0.717) is 0 Å². The van der Waals surface area contributed by atoms with E-state index in [2.05, 4.69) is 28.1 Å². The number of azide groups is 1.